The van der Waals surface area contributed by atoms with Crippen molar-refractivity contribution in [3.63, 3.8) is 0 Å². The summed E-state index contributed by atoms with van der Waals surface area (Å²) < 4.78 is 5.86. The van der Waals surface area contributed by atoms with Crippen molar-refractivity contribution in [1.29, 1.82) is 0 Å². The van der Waals surface area contributed by atoms with Crippen LogP contribution in [0.15, 0.2) is 30.0 Å². The summed E-state index contributed by atoms with van der Waals surface area (Å²) in [5.41, 5.74) is 3.32. The lowest BCUT2D eigenvalue weighted by molar-refractivity contribution is -0.148. The van der Waals surface area contributed by atoms with Gasteiger partial charge < -0.3 is 4.74 Å². The Labute approximate surface area is 127 Å². The molecule has 2 aliphatic rings. The van der Waals surface area contributed by atoms with E-state index in [0.29, 0.717) is 11.8 Å². The largest absolute Gasteiger partial charge is 0.430 e. The lowest BCUT2D eigenvalue weighted by Gasteiger charge is -2.22. The smallest absolute Gasteiger partial charge is 0.316 e. The van der Waals surface area contributed by atoms with E-state index in [1.165, 1.54) is 17.5 Å². The molecule has 1 aromatic rings. The molecule has 2 unspecified atom stereocenters. The highest BCUT2D eigenvalue weighted by Gasteiger charge is 2.44. The first kappa shape index (κ1) is 14.4. The fraction of sp³-hybridized carbons (Fsp3) is 0.526. The van der Waals surface area contributed by atoms with E-state index in [2.05, 4.69) is 31.2 Å². The van der Waals surface area contributed by atoms with Crippen molar-refractivity contribution in [2.45, 2.75) is 47.0 Å². The van der Waals surface area contributed by atoms with Crippen molar-refractivity contribution in [3.8, 4) is 0 Å². The van der Waals surface area contributed by atoms with E-state index in [-0.39, 0.29) is 5.97 Å². The van der Waals surface area contributed by atoms with Crippen molar-refractivity contribution >= 4 is 11.5 Å². The second kappa shape index (κ2) is 5.01. The Bertz CT molecular complexity index is 604. The lowest BCUT2D eigenvalue weighted by atomic mass is 9.91. The number of benzene rings is 1. The van der Waals surface area contributed by atoms with Gasteiger partial charge in [0.25, 0.3) is 0 Å². The third-order valence-electron chi connectivity index (χ3n) is 4.65. The minimum atomic E-state index is -0.459. The number of carbonyl (C=O) groups excluding carboxylic acids is 1. The molecular weight excluding hydrogens is 260 g/mol. The van der Waals surface area contributed by atoms with Gasteiger partial charge in [0.05, 0.1) is 5.41 Å². The molecule has 21 heavy (non-hydrogen) atoms. The quantitative estimate of drug-likeness (QED) is 0.705. The molecule has 0 aliphatic heterocycles. The average molecular weight is 284 g/mol. The van der Waals surface area contributed by atoms with Crippen LogP contribution in [0.4, 0.5) is 0 Å². The summed E-state index contributed by atoms with van der Waals surface area (Å²) in [7, 11) is 0. The molecule has 2 atom stereocenters. The second-order valence-corrected chi connectivity index (χ2v) is 7.43. The van der Waals surface area contributed by atoms with Crippen LogP contribution in [-0.4, -0.2) is 5.97 Å². The standard InChI is InChI=1S/C19H24O2/c1-12-15-8-6-5-7-13(15)9-10-14-11-16(14)17(12)21-18(20)19(2,3)4/h5-8,14,16H,9-11H2,1-4H3/b17-12+. The van der Waals surface area contributed by atoms with Gasteiger partial charge in [0.2, 0.25) is 0 Å². The molecule has 0 bridgehead atoms. The highest BCUT2D eigenvalue weighted by molar-refractivity contribution is 5.79. The number of esters is 1. The monoisotopic (exact) mass is 284 g/mol. The zero-order chi connectivity index (χ0) is 15.2. The van der Waals surface area contributed by atoms with Crippen molar-refractivity contribution in [1.82, 2.24) is 0 Å². The van der Waals surface area contributed by atoms with E-state index >= 15 is 0 Å². The number of hydrogen-bond donors (Lipinski definition) is 0. The number of allylic oxidation sites excluding steroid dienone is 2. The number of fused-ring (bicyclic) bond motifs is 2. The third-order valence-corrected chi connectivity index (χ3v) is 4.65. The molecule has 2 nitrogen and oxygen atoms in total. The number of ether oxygens (including phenoxy) is 1. The molecule has 1 aromatic carbocycles. The van der Waals surface area contributed by atoms with Crippen LogP contribution < -0.4 is 0 Å². The van der Waals surface area contributed by atoms with Gasteiger partial charge in [0, 0.05) is 5.92 Å². The fourth-order valence-corrected chi connectivity index (χ4v) is 3.15. The lowest BCUT2D eigenvalue weighted by Crippen LogP contribution is -2.24. The maximum absolute atomic E-state index is 12.3. The van der Waals surface area contributed by atoms with E-state index in [4.69, 9.17) is 4.74 Å². The van der Waals surface area contributed by atoms with Crippen LogP contribution in [0, 0.1) is 17.3 Å². The first-order valence-corrected chi connectivity index (χ1v) is 7.89. The number of aryl methyl sites for hydroxylation is 1. The van der Waals surface area contributed by atoms with Gasteiger partial charge in [-0.15, -0.1) is 0 Å². The minimum absolute atomic E-state index is 0.124. The van der Waals surface area contributed by atoms with Crippen LogP contribution >= 0.6 is 0 Å². The van der Waals surface area contributed by atoms with E-state index in [0.717, 1.165) is 24.2 Å². The number of carbonyl (C=O) groups is 1. The van der Waals surface area contributed by atoms with Gasteiger partial charge in [-0.2, -0.15) is 0 Å². The summed E-state index contributed by atoms with van der Waals surface area (Å²) in [6.45, 7) is 7.83. The Hall–Kier alpha value is -1.57. The fourth-order valence-electron chi connectivity index (χ4n) is 3.15. The summed E-state index contributed by atoms with van der Waals surface area (Å²) in [6, 6.07) is 8.51. The maximum Gasteiger partial charge on any atom is 0.316 e. The van der Waals surface area contributed by atoms with E-state index < -0.39 is 5.41 Å². The van der Waals surface area contributed by atoms with Gasteiger partial charge in [-0.3, -0.25) is 4.79 Å². The molecule has 0 spiro atoms. The third kappa shape index (κ3) is 2.76. The van der Waals surface area contributed by atoms with Gasteiger partial charge in [-0.1, -0.05) is 24.3 Å². The number of hydrogen-bond acceptors (Lipinski definition) is 2. The van der Waals surface area contributed by atoms with E-state index in [9.17, 15) is 4.79 Å². The molecule has 0 radical (unpaired) electrons. The molecule has 2 heteroatoms. The van der Waals surface area contributed by atoms with Crippen molar-refractivity contribution in [2.75, 3.05) is 0 Å². The van der Waals surface area contributed by atoms with Gasteiger partial charge >= 0.3 is 5.97 Å². The van der Waals surface area contributed by atoms with Crippen LogP contribution in [0.25, 0.3) is 5.57 Å². The van der Waals surface area contributed by atoms with Gasteiger partial charge in [0.1, 0.15) is 5.76 Å². The zero-order valence-corrected chi connectivity index (χ0v) is 13.4. The van der Waals surface area contributed by atoms with Crippen molar-refractivity contribution in [2.24, 2.45) is 17.3 Å². The normalized spacial score (nSPS) is 28.0. The second-order valence-electron chi connectivity index (χ2n) is 7.43. The number of rotatable bonds is 1. The predicted octanol–water partition coefficient (Wildman–Crippen LogP) is 4.59. The predicted molar refractivity (Wildman–Crippen MR) is 84.5 cm³/mol. The van der Waals surface area contributed by atoms with E-state index in [1.54, 1.807) is 0 Å². The maximum atomic E-state index is 12.3. The highest BCUT2D eigenvalue weighted by Crippen LogP contribution is 2.51. The Kier molecular flexibility index (Phi) is 3.43. The molecule has 0 heterocycles. The molecule has 0 amide bonds. The summed E-state index contributed by atoms with van der Waals surface area (Å²) in [4.78, 5) is 12.3. The topological polar surface area (TPSA) is 26.3 Å². The van der Waals surface area contributed by atoms with Crippen LogP contribution in [0.5, 0.6) is 0 Å². The van der Waals surface area contributed by atoms with Crippen molar-refractivity contribution < 1.29 is 9.53 Å². The van der Waals surface area contributed by atoms with Crippen LogP contribution in [0.2, 0.25) is 0 Å². The average Bonchev–Trinajstić information content (AvgIpc) is 3.18. The summed E-state index contributed by atoms with van der Waals surface area (Å²) in [5.74, 6) is 1.94. The molecule has 1 saturated carbocycles. The summed E-state index contributed by atoms with van der Waals surface area (Å²) >= 11 is 0. The minimum Gasteiger partial charge on any atom is -0.430 e. The molecule has 0 N–H and O–H groups in total. The van der Waals surface area contributed by atoms with Crippen molar-refractivity contribution in [3.05, 3.63) is 41.2 Å². The van der Waals surface area contributed by atoms with E-state index in [1.807, 2.05) is 20.8 Å². The highest BCUT2D eigenvalue weighted by atomic mass is 16.5. The molecule has 3 rings (SSSR count). The Balaban J connectivity index is 2.00. The molecule has 112 valence electrons. The van der Waals surface area contributed by atoms with Crippen LogP contribution in [0.3, 0.4) is 0 Å². The molecule has 1 fully saturated rings. The summed E-state index contributed by atoms with van der Waals surface area (Å²) in [5, 5.41) is 0. The Morgan fingerprint density at radius 2 is 1.95 bits per heavy atom. The molecule has 0 saturated heterocycles. The molecule has 0 aromatic heterocycles. The SMILES string of the molecule is C/C1=C(\OC(=O)C(C)(C)C)C2CC2CCc2ccccc21. The first-order valence-electron chi connectivity index (χ1n) is 7.89. The summed E-state index contributed by atoms with van der Waals surface area (Å²) in [6.07, 6.45) is 3.50. The molecular formula is C19H24O2. The zero-order valence-electron chi connectivity index (χ0n) is 13.4. The van der Waals surface area contributed by atoms with Gasteiger partial charge in [0.15, 0.2) is 0 Å². The molecule has 2 aliphatic carbocycles. The Morgan fingerprint density at radius 3 is 2.67 bits per heavy atom. The Morgan fingerprint density at radius 1 is 1.24 bits per heavy atom. The van der Waals surface area contributed by atoms with Crippen LogP contribution in [0.1, 0.15) is 51.7 Å². The first-order chi connectivity index (χ1) is 9.88. The van der Waals surface area contributed by atoms with Gasteiger partial charge in [-0.05, 0) is 69.6 Å². The van der Waals surface area contributed by atoms with Crippen LogP contribution in [-0.2, 0) is 16.0 Å². The van der Waals surface area contributed by atoms with Gasteiger partial charge in [-0.25, -0.2) is 0 Å².